The van der Waals surface area contributed by atoms with E-state index in [0.29, 0.717) is 24.5 Å². The highest BCUT2D eigenvalue weighted by atomic mass is 16.2. The first kappa shape index (κ1) is 10.8. The van der Waals surface area contributed by atoms with Crippen LogP contribution in [0.4, 0.5) is 0 Å². The molecule has 3 unspecified atom stereocenters. The maximum atomic E-state index is 12.3. The van der Waals surface area contributed by atoms with E-state index in [1.165, 1.54) is 0 Å². The van der Waals surface area contributed by atoms with Crippen molar-refractivity contribution in [2.45, 2.75) is 32.0 Å². The smallest absolute Gasteiger partial charge is 0.244 e. The van der Waals surface area contributed by atoms with Gasteiger partial charge in [-0.05, 0) is 25.3 Å². The lowest BCUT2D eigenvalue weighted by Gasteiger charge is -2.27. The first-order chi connectivity index (χ1) is 8.25. The molecule has 92 valence electrons. The summed E-state index contributed by atoms with van der Waals surface area (Å²) in [7, 11) is 0. The van der Waals surface area contributed by atoms with Crippen molar-refractivity contribution in [3.63, 3.8) is 0 Å². The molecule has 2 aliphatic rings. The first-order valence-corrected chi connectivity index (χ1v) is 6.25. The van der Waals surface area contributed by atoms with Crippen molar-refractivity contribution in [3.8, 4) is 0 Å². The zero-order valence-corrected chi connectivity index (χ0v) is 10.0. The molecule has 0 saturated carbocycles. The predicted octanol–water partition coefficient (Wildman–Crippen LogP) is 0.0919. The summed E-state index contributed by atoms with van der Waals surface area (Å²) in [6, 6.07) is 2.61. The van der Waals surface area contributed by atoms with E-state index < -0.39 is 0 Å². The van der Waals surface area contributed by atoms with E-state index in [9.17, 15) is 4.79 Å². The van der Waals surface area contributed by atoms with E-state index >= 15 is 0 Å². The van der Waals surface area contributed by atoms with Gasteiger partial charge in [0, 0.05) is 37.6 Å². The van der Waals surface area contributed by atoms with Gasteiger partial charge in [-0.15, -0.1) is 0 Å². The quantitative estimate of drug-likeness (QED) is 0.789. The van der Waals surface area contributed by atoms with Crippen molar-refractivity contribution in [1.29, 1.82) is 0 Å². The molecule has 17 heavy (non-hydrogen) atoms. The molecule has 0 bridgehead atoms. The molecule has 2 fully saturated rings. The Hall–Kier alpha value is -1.36. The molecule has 2 saturated heterocycles. The highest BCUT2D eigenvalue weighted by Gasteiger charge is 2.43. The van der Waals surface area contributed by atoms with E-state index in [0.717, 1.165) is 19.5 Å². The third-order valence-electron chi connectivity index (χ3n) is 3.92. The van der Waals surface area contributed by atoms with Gasteiger partial charge in [-0.2, -0.15) is 5.10 Å². The van der Waals surface area contributed by atoms with E-state index in [2.05, 4.69) is 22.2 Å². The van der Waals surface area contributed by atoms with Gasteiger partial charge in [0.15, 0.2) is 0 Å². The fraction of sp³-hybridized carbons (Fsp3) is 0.667. The molecule has 5 nitrogen and oxygen atoms in total. The van der Waals surface area contributed by atoms with Gasteiger partial charge in [0.05, 0.1) is 0 Å². The molecular weight excluding hydrogens is 216 g/mol. The average molecular weight is 234 g/mol. The minimum atomic E-state index is 0.192. The summed E-state index contributed by atoms with van der Waals surface area (Å²) in [4.78, 5) is 14.4. The number of likely N-dealkylation sites (tertiary alicyclic amines) is 1. The Morgan fingerprint density at radius 1 is 1.53 bits per heavy atom. The first-order valence-electron chi connectivity index (χ1n) is 6.25. The van der Waals surface area contributed by atoms with Crippen LogP contribution in [0.3, 0.4) is 0 Å². The van der Waals surface area contributed by atoms with Gasteiger partial charge in [-0.3, -0.25) is 9.48 Å². The van der Waals surface area contributed by atoms with Crippen molar-refractivity contribution >= 4 is 5.91 Å². The Labute approximate surface area is 101 Å². The highest BCUT2D eigenvalue weighted by molar-refractivity contribution is 5.77. The van der Waals surface area contributed by atoms with Gasteiger partial charge >= 0.3 is 0 Å². The number of hydrogen-bond acceptors (Lipinski definition) is 3. The third kappa shape index (κ3) is 1.84. The largest absolute Gasteiger partial charge is 0.334 e. The molecule has 3 heterocycles. The minimum Gasteiger partial charge on any atom is -0.334 e. The number of amides is 1. The number of nitrogens with one attached hydrogen (secondary N) is 1. The Kier molecular flexibility index (Phi) is 2.63. The summed E-state index contributed by atoms with van der Waals surface area (Å²) in [6.07, 6.45) is 4.67. The summed E-state index contributed by atoms with van der Waals surface area (Å²) in [5, 5.41) is 7.46. The maximum Gasteiger partial charge on any atom is 0.244 e. The lowest BCUT2D eigenvalue weighted by atomic mass is 10.0. The summed E-state index contributed by atoms with van der Waals surface area (Å²) in [5.41, 5.74) is 0. The van der Waals surface area contributed by atoms with Gasteiger partial charge in [-0.1, -0.05) is 0 Å². The molecule has 0 spiro atoms. The van der Waals surface area contributed by atoms with Crippen LogP contribution in [0.2, 0.25) is 0 Å². The van der Waals surface area contributed by atoms with Gasteiger partial charge in [0.1, 0.15) is 6.54 Å². The lowest BCUT2D eigenvalue weighted by molar-refractivity contribution is -0.134. The zero-order chi connectivity index (χ0) is 11.8. The molecule has 3 rings (SSSR count). The molecule has 0 radical (unpaired) electrons. The van der Waals surface area contributed by atoms with Crippen LogP contribution in [-0.4, -0.2) is 45.8 Å². The van der Waals surface area contributed by atoms with E-state index in [1.54, 1.807) is 10.9 Å². The fourth-order valence-electron chi connectivity index (χ4n) is 3.21. The summed E-state index contributed by atoms with van der Waals surface area (Å²) >= 11 is 0. The average Bonchev–Trinajstić information content (AvgIpc) is 2.93. The number of carbonyl (C=O) groups excluding carboxylic acids is 1. The second-order valence-corrected chi connectivity index (χ2v) is 5.08. The lowest BCUT2D eigenvalue weighted by Crippen LogP contribution is -2.44. The highest BCUT2D eigenvalue weighted by Crippen LogP contribution is 2.32. The summed E-state index contributed by atoms with van der Waals surface area (Å²) in [5.74, 6) is 0.837. The Bertz CT molecular complexity index is 403. The van der Waals surface area contributed by atoms with Crippen LogP contribution in [0.1, 0.15) is 13.3 Å². The SMILES string of the molecule is CC1CC2CNCC2N1C(=O)Cn1cccn1. The number of nitrogens with zero attached hydrogens (tertiary/aromatic N) is 3. The standard InChI is InChI=1S/C12H18N4O/c1-9-5-10-6-13-7-11(10)16(9)12(17)8-15-4-2-3-14-15/h2-4,9-11,13H,5-8H2,1H3. The zero-order valence-electron chi connectivity index (χ0n) is 10.0. The molecule has 0 aliphatic carbocycles. The molecule has 3 atom stereocenters. The Balaban J connectivity index is 1.72. The van der Waals surface area contributed by atoms with Crippen molar-refractivity contribution in [2.24, 2.45) is 5.92 Å². The maximum absolute atomic E-state index is 12.3. The van der Waals surface area contributed by atoms with Gasteiger partial charge in [0.2, 0.25) is 5.91 Å². The van der Waals surface area contributed by atoms with Gasteiger partial charge < -0.3 is 10.2 Å². The minimum absolute atomic E-state index is 0.192. The van der Waals surface area contributed by atoms with Crippen LogP contribution < -0.4 is 5.32 Å². The van der Waals surface area contributed by atoms with E-state index in [4.69, 9.17) is 0 Å². The Morgan fingerprint density at radius 3 is 3.18 bits per heavy atom. The second-order valence-electron chi connectivity index (χ2n) is 5.08. The molecule has 5 heteroatoms. The molecule has 1 aromatic heterocycles. The topological polar surface area (TPSA) is 50.2 Å². The molecular formula is C12H18N4O. The van der Waals surface area contributed by atoms with Crippen LogP contribution >= 0.6 is 0 Å². The monoisotopic (exact) mass is 234 g/mol. The summed E-state index contributed by atoms with van der Waals surface area (Å²) < 4.78 is 1.70. The molecule has 1 N–H and O–H groups in total. The van der Waals surface area contributed by atoms with Crippen molar-refractivity contribution in [2.75, 3.05) is 13.1 Å². The number of aromatic nitrogens is 2. The van der Waals surface area contributed by atoms with E-state index in [-0.39, 0.29) is 5.91 Å². The van der Waals surface area contributed by atoms with Crippen LogP contribution in [0, 0.1) is 5.92 Å². The molecule has 1 amide bonds. The Morgan fingerprint density at radius 2 is 2.41 bits per heavy atom. The number of hydrogen-bond donors (Lipinski definition) is 1. The predicted molar refractivity (Wildman–Crippen MR) is 63.3 cm³/mol. The molecule has 0 aromatic carbocycles. The van der Waals surface area contributed by atoms with Crippen molar-refractivity contribution in [3.05, 3.63) is 18.5 Å². The number of fused-ring (bicyclic) bond motifs is 1. The third-order valence-corrected chi connectivity index (χ3v) is 3.92. The van der Waals surface area contributed by atoms with Crippen LogP contribution in [0.15, 0.2) is 18.5 Å². The van der Waals surface area contributed by atoms with Crippen LogP contribution in [-0.2, 0) is 11.3 Å². The normalized spacial score (nSPS) is 31.8. The number of carbonyl (C=O) groups is 1. The van der Waals surface area contributed by atoms with Crippen LogP contribution in [0.5, 0.6) is 0 Å². The second kappa shape index (κ2) is 4.14. The van der Waals surface area contributed by atoms with E-state index in [1.807, 2.05) is 12.3 Å². The van der Waals surface area contributed by atoms with Gasteiger partial charge in [0.25, 0.3) is 0 Å². The molecule has 2 aliphatic heterocycles. The molecule has 1 aromatic rings. The summed E-state index contributed by atoms with van der Waals surface area (Å²) in [6.45, 7) is 4.51. The number of rotatable bonds is 2. The van der Waals surface area contributed by atoms with Gasteiger partial charge in [-0.25, -0.2) is 0 Å². The van der Waals surface area contributed by atoms with Crippen molar-refractivity contribution < 1.29 is 4.79 Å². The fourth-order valence-corrected chi connectivity index (χ4v) is 3.21. The van der Waals surface area contributed by atoms with Crippen molar-refractivity contribution in [1.82, 2.24) is 20.0 Å². The van der Waals surface area contributed by atoms with Crippen LogP contribution in [0.25, 0.3) is 0 Å².